The van der Waals surface area contributed by atoms with Crippen molar-refractivity contribution in [3.05, 3.63) is 59.4 Å². The standard InChI is InChI=1S/C22H25FN2O4S/c1-3-21(27)25-10-9-18(14-25)30(28,29)24-13-20(26)19-12-17(11-15(2)22(19)23)16-7-5-4-6-8-16/h4-8,11-12,18,24H,3,9-10,13-14H2,1-2H3. The van der Waals surface area contributed by atoms with Crippen LogP contribution in [0.3, 0.4) is 0 Å². The van der Waals surface area contributed by atoms with E-state index in [1.54, 1.807) is 19.9 Å². The molecule has 0 saturated carbocycles. The Morgan fingerprint density at radius 1 is 1.17 bits per heavy atom. The third kappa shape index (κ3) is 4.76. The van der Waals surface area contributed by atoms with Crippen molar-refractivity contribution in [1.29, 1.82) is 0 Å². The number of hydrogen-bond donors (Lipinski definition) is 1. The molecule has 0 radical (unpaired) electrons. The molecule has 1 fully saturated rings. The fraction of sp³-hybridized carbons (Fsp3) is 0.364. The van der Waals surface area contributed by atoms with Crippen molar-refractivity contribution in [3.63, 3.8) is 0 Å². The molecule has 2 aromatic rings. The Kier molecular flexibility index (Phi) is 6.67. The maximum Gasteiger partial charge on any atom is 0.222 e. The Balaban J connectivity index is 1.73. The molecular formula is C22H25FN2O4S. The zero-order chi connectivity index (χ0) is 21.9. The zero-order valence-electron chi connectivity index (χ0n) is 17.0. The van der Waals surface area contributed by atoms with Gasteiger partial charge in [-0.2, -0.15) is 0 Å². The summed E-state index contributed by atoms with van der Waals surface area (Å²) in [4.78, 5) is 25.9. The van der Waals surface area contributed by atoms with Gasteiger partial charge in [0.1, 0.15) is 5.82 Å². The molecule has 0 bridgehead atoms. The van der Waals surface area contributed by atoms with Crippen molar-refractivity contribution in [2.24, 2.45) is 0 Å². The lowest BCUT2D eigenvalue weighted by molar-refractivity contribution is -0.129. The van der Waals surface area contributed by atoms with E-state index in [2.05, 4.69) is 4.72 Å². The van der Waals surface area contributed by atoms with Crippen LogP contribution >= 0.6 is 0 Å². The number of hydrogen-bond acceptors (Lipinski definition) is 4. The SMILES string of the molecule is CCC(=O)N1CCC(S(=O)(=O)NCC(=O)c2cc(-c3ccccc3)cc(C)c2F)C1. The van der Waals surface area contributed by atoms with Crippen molar-refractivity contribution in [3.8, 4) is 11.1 Å². The van der Waals surface area contributed by atoms with Crippen LogP contribution in [-0.4, -0.2) is 49.9 Å². The number of nitrogens with one attached hydrogen (secondary N) is 1. The van der Waals surface area contributed by atoms with E-state index >= 15 is 0 Å². The van der Waals surface area contributed by atoms with Crippen LogP contribution in [0.25, 0.3) is 11.1 Å². The summed E-state index contributed by atoms with van der Waals surface area (Å²) in [6.45, 7) is 3.24. The average Bonchev–Trinajstić information content (AvgIpc) is 3.25. The summed E-state index contributed by atoms with van der Waals surface area (Å²) >= 11 is 0. The van der Waals surface area contributed by atoms with Gasteiger partial charge in [0.15, 0.2) is 5.78 Å². The van der Waals surface area contributed by atoms with E-state index in [0.717, 1.165) is 5.56 Å². The summed E-state index contributed by atoms with van der Waals surface area (Å²) in [6.07, 6.45) is 0.626. The summed E-state index contributed by atoms with van der Waals surface area (Å²) in [5.74, 6) is -1.39. The number of halogens is 1. The molecule has 1 atom stereocenters. The largest absolute Gasteiger partial charge is 0.341 e. The number of sulfonamides is 1. The third-order valence-corrected chi connectivity index (χ3v) is 7.14. The number of aryl methyl sites for hydroxylation is 1. The van der Waals surface area contributed by atoms with Gasteiger partial charge in [-0.15, -0.1) is 0 Å². The number of rotatable bonds is 7. The Bertz CT molecular complexity index is 1050. The normalized spacial score (nSPS) is 16.6. The van der Waals surface area contributed by atoms with Crippen LogP contribution < -0.4 is 4.72 Å². The lowest BCUT2D eigenvalue weighted by Crippen LogP contribution is -2.39. The Morgan fingerprint density at radius 2 is 1.87 bits per heavy atom. The van der Waals surface area contributed by atoms with Gasteiger partial charge < -0.3 is 4.90 Å². The highest BCUT2D eigenvalue weighted by molar-refractivity contribution is 7.90. The highest BCUT2D eigenvalue weighted by Gasteiger charge is 2.35. The number of carbonyl (C=O) groups is 2. The molecule has 0 spiro atoms. The highest BCUT2D eigenvalue weighted by atomic mass is 32.2. The van der Waals surface area contributed by atoms with Crippen LogP contribution in [-0.2, 0) is 14.8 Å². The monoisotopic (exact) mass is 432 g/mol. The molecule has 0 aliphatic carbocycles. The van der Waals surface area contributed by atoms with E-state index in [4.69, 9.17) is 0 Å². The molecule has 30 heavy (non-hydrogen) atoms. The van der Waals surface area contributed by atoms with Crippen LogP contribution in [0, 0.1) is 12.7 Å². The van der Waals surface area contributed by atoms with Gasteiger partial charge in [0.25, 0.3) is 0 Å². The second-order valence-electron chi connectivity index (χ2n) is 7.41. The van der Waals surface area contributed by atoms with Crippen molar-refractivity contribution in [1.82, 2.24) is 9.62 Å². The Hall–Kier alpha value is -2.58. The molecule has 1 aliphatic heterocycles. The molecule has 6 nitrogen and oxygen atoms in total. The summed E-state index contributed by atoms with van der Waals surface area (Å²) in [5, 5.41) is -0.775. The lowest BCUT2D eigenvalue weighted by atomic mass is 9.98. The molecule has 1 N–H and O–H groups in total. The first-order chi connectivity index (χ1) is 14.2. The molecule has 1 saturated heterocycles. The maximum absolute atomic E-state index is 14.6. The first-order valence-electron chi connectivity index (χ1n) is 9.88. The van der Waals surface area contributed by atoms with Crippen LogP contribution in [0.5, 0.6) is 0 Å². The molecule has 8 heteroatoms. The number of ketones is 1. The molecule has 2 aromatic carbocycles. The Morgan fingerprint density at radius 3 is 2.53 bits per heavy atom. The van der Waals surface area contributed by atoms with Crippen molar-refractivity contribution in [2.75, 3.05) is 19.6 Å². The zero-order valence-corrected chi connectivity index (χ0v) is 17.8. The fourth-order valence-electron chi connectivity index (χ4n) is 3.58. The van der Waals surface area contributed by atoms with Crippen molar-refractivity contribution >= 4 is 21.7 Å². The predicted molar refractivity (Wildman–Crippen MR) is 113 cm³/mol. The molecule has 1 amide bonds. The number of likely N-dealkylation sites (tertiary alicyclic amines) is 1. The number of amides is 1. The van der Waals surface area contributed by atoms with Gasteiger partial charge >= 0.3 is 0 Å². The number of benzene rings is 2. The highest BCUT2D eigenvalue weighted by Crippen LogP contribution is 2.25. The van der Waals surface area contributed by atoms with E-state index in [9.17, 15) is 22.4 Å². The van der Waals surface area contributed by atoms with Gasteiger partial charge in [0.05, 0.1) is 17.4 Å². The number of carbonyl (C=O) groups excluding carboxylic acids is 2. The maximum atomic E-state index is 14.6. The molecule has 3 rings (SSSR count). The average molecular weight is 433 g/mol. The van der Waals surface area contributed by atoms with E-state index in [0.29, 0.717) is 30.5 Å². The summed E-state index contributed by atoms with van der Waals surface area (Å²) in [5.41, 5.74) is 1.69. The summed E-state index contributed by atoms with van der Waals surface area (Å²) < 4.78 is 42.0. The second kappa shape index (κ2) is 9.06. The van der Waals surface area contributed by atoms with Gasteiger partial charge in [-0.3, -0.25) is 9.59 Å². The van der Waals surface area contributed by atoms with Crippen LogP contribution in [0.4, 0.5) is 4.39 Å². The minimum absolute atomic E-state index is 0.0981. The van der Waals surface area contributed by atoms with Gasteiger partial charge in [-0.25, -0.2) is 17.5 Å². The first kappa shape index (κ1) is 22.1. The molecule has 160 valence electrons. The van der Waals surface area contributed by atoms with Crippen molar-refractivity contribution in [2.45, 2.75) is 31.9 Å². The van der Waals surface area contributed by atoms with Gasteiger partial charge in [0.2, 0.25) is 15.9 Å². The summed E-state index contributed by atoms with van der Waals surface area (Å²) in [7, 11) is -3.81. The van der Waals surface area contributed by atoms with Gasteiger partial charge in [0, 0.05) is 19.5 Å². The van der Waals surface area contributed by atoms with Gasteiger partial charge in [-0.05, 0) is 42.2 Å². The van der Waals surface area contributed by atoms with E-state index < -0.39 is 33.4 Å². The van der Waals surface area contributed by atoms with Crippen molar-refractivity contribution < 1.29 is 22.4 Å². The Labute approximate surface area is 176 Å². The number of Topliss-reactive ketones (excluding diaryl/α,β-unsaturated/α-hetero) is 1. The minimum atomic E-state index is -3.81. The summed E-state index contributed by atoms with van der Waals surface area (Å²) in [6, 6.07) is 12.4. The van der Waals surface area contributed by atoms with E-state index in [-0.39, 0.29) is 18.0 Å². The quantitative estimate of drug-likeness (QED) is 0.682. The molecular weight excluding hydrogens is 407 g/mol. The topological polar surface area (TPSA) is 83.6 Å². The third-order valence-electron chi connectivity index (χ3n) is 5.33. The van der Waals surface area contributed by atoms with E-state index in [1.807, 2.05) is 30.3 Å². The van der Waals surface area contributed by atoms with Crippen LogP contribution in [0.2, 0.25) is 0 Å². The molecule has 1 unspecified atom stereocenters. The first-order valence-corrected chi connectivity index (χ1v) is 11.4. The van der Waals surface area contributed by atoms with E-state index in [1.165, 1.54) is 11.0 Å². The molecule has 0 aromatic heterocycles. The predicted octanol–water partition coefficient (Wildman–Crippen LogP) is 2.91. The minimum Gasteiger partial charge on any atom is -0.341 e. The smallest absolute Gasteiger partial charge is 0.222 e. The molecule has 1 heterocycles. The lowest BCUT2D eigenvalue weighted by Gasteiger charge is -2.16. The second-order valence-corrected chi connectivity index (χ2v) is 9.46. The van der Waals surface area contributed by atoms with Crippen LogP contribution in [0.15, 0.2) is 42.5 Å². The van der Waals surface area contributed by atoms with Crippen LogP contribution in [0.1, 0.15) is 35.7 Å². The molecule has 1 aliphatic rings. The number of nitrogens with zero attached hydrogens (tertiary/aromatic N) is 1. The fourth-order valence-corrected chi connectivity index (χ4v) is 4.94. The van der Waals surface area contributed by atoms with Gasteiger partial charge in [-0.1, -0.05) is 37.3 Å².